The molecule has 5 heteroatoms. The van der Waals surface area contributed by atoms with Gasteiger partial charge in [0.25, 0.3) is 0 Å². The van der Waals surface area contributed by atoms with Crippen molar-refractivity contribution in [2.75, 3.05) is 38.2 Å². The van der Waals surface area contributed by atoms with Gasteiger partial charge in [-0.2, -0.15) is 0 Å². The van der Waals surface area contributed by atoms with E-state index in [-0.39, 0.29) is 0 Å². The molecule has 3 heterocycles. The molecule has 0 unspecified atom stereocenters. The number of hydrogen-bond donors (Lipinski definition) is 0. The lowest BCUT2D eigenvalue weighted by molar-refractivity contribution is 0.141. The molecule has 2 aliphatic rings. The third kappa shape index (κ3) is 3.74. The van der Waals surface area contributed by atoms with Crippen LogP contribution >= 0.6 is 0 Å². The minimum Gasteiger partial charge on any atom is -0.493 e. The average Bonchev–Trinajstić information content (AvgIpc) is 3.33. The Morgan fingerprint density at radius 1 is 0.909 bits per heavy atom. The quantitative estimate of drug-likeness (QED) is 0.398. The molecule has 0 bridgehead atoms. The van der Waals surface area contributed by atoms with Gasteiger partial charge in [0.1, 0.15) is 0 Å². The molecule has 0 spiro atoms. The fourth-order valence-corrected chi connectivity index (χ4v) is 5.95. The van der Waals surface area contributed by atoms with Crippen molar-refractivity contribution in [2.45, 2.75) is 37.6 Å². The standard InChI is InChI=1S/C28H31N3O2/c1-32-26-9-3-7-23-24(19-33-28(23)26)20-10-12-22(13-11-20)30-15-17-31(18-16-30)25-8-2-5-21-6-4-14-29-27(21)25/h2-9,14,19-20,22H,10-13,15-18H2,1H3/t20-,22+. The molecule has 33 heavy (non-hydrogen) atoms. The highest BCUT2D eigenvalue weighted by atomic mass is 16.5. The molecular formula is C28H31N3O2. The number of methoxy groups -OCH3 is 1. The molecular weight excluding hydrogens is 410 g/mol. The maximum absolute atomic E-state index is 5.91. The third-order valence-corrected chi connectivity index (χ3v) is 7.73. The van der Waals surface area contributed by atoms with E-state index in [4.69, 9.17) is 9.15 Å². The predicted molar refractivity (Wildman–Crippen MR) is 133 cm³/mol. The number of nitrogens with zero attached hydrogens (tertiary/aromatic N) is 3. The topological polar surface area (TPSA) is 41.7 Å². The summed E-state index contributed by atoms with van der Waals surface area (Å²) < 4.78 is 11.4. The number of rotatable bonds is 4. The fraction of sp³-hybridized carbons (Fsp3) is 0.393. The van der Waals surface area contributed by atoms with Crippen molar-refractivity contribution in [3.8, 4) is 5.75 Å². The van der Waals surface area contributed by atoms with Gasteiger partial charge in [-0.25, -0.2) is 0 Å². The van der Waals surface area contributed by atoms with Crippen molar-refractivity contribution >= 4 is 27.6 Å². The van der Waals surface area contributed by atoms with Gasteiger partial charge in [-0.15, -0.1) is 0 Å². The van der Waals surface area contributed by atoms with Crippen molar-refractivity contribution in [1.82, 2.24) is 9.88 Å². The number of ether oxygens (including phenoxy) is 1. The van der Waals surface area contributed by atoms with Gasteiger partial charge in [0.15, 0.2) is 11.3 Å². The van der Waals surface area contributed by atoms with Gasteiger partial charge >= 0.3 is 0 Å². The van der Waals surface area contributed by atoms with Crippen LogP contribution in [0.3, 0.4) is 0 Å². The summed E-state index contributed by atoms with van der Waals surface area (Å²) in [6.45, 7) is 4.40. The Bertz CT molecular complexity index is 1250. The first-order valence-electron chi connectivity index (χ1n) is 12.2. The molecule has 0 amide bonds. The number of furan rings is 1. The molecule has 2 fully saturated rings. The Morgan fingerprint density at radius 2 is 1.70 bits per heavy atom. The van der Waals surface area contributed by atoms with Crippen molar-refractivity contribution in [3.05, 3.63) is 66.6 Å². The summed E-state index contributed by atoms with van der Waals surface area (Å²) in [5, 5.41) is 2.44. The highest BCUT2D eigenvalue weighted by Gasteiger charge is 2.30. The molecule has 2 aromatic carbocycles. The second-order valence-electron chi connectivity index (χ2n) is 9.41. The number of benzene rings is 2. The van der Waals surface area contributed by atoms with Crippen LogP contribution in [-0.2, 0) is 0 Å². The number of pyridine rings is 1. The maximum atomic E-state index is 5.91. The minimum absolute atomic E-state index is 0.581. The molecule has 1 aliphatic carbocycles. The van der Waals surface area contributed by atoms with Crippen molar-refractivity contribution in [3.63, 3.8) is 0 Å². The summed E-state index contributed by atoms with van der Waals surface area (Å²) in [5.74, 6) is 1.41. The van der Waals surface area contributed by atoms with Crippen molar-refractivity contribution < 1.29 is 9.15 Å². The van der Waals surface area contributed by atoms with Crippen LogP contribution in [0.2, 0.25) is 0 Å². The van der Waals surface area contributed by atoms with Gasteiger partial charge in [0.2, 0.25) is 0 Å². The van der Waals surface area contributed by atoms with E-state index in [9.17, 15) is 0 Å². The van der Waals surface area contributed by atoms with Gasteiger partial charge in [0, 0.05) is 54.8 Å². The van der Waals surface area contributed by atoms with Crippen LogP contribution in [0, 0.1) is 0 Å². The third-order valence-electron chi connectivity index (χ3n) is 7.73. The van der Waals surface area contributed by atoms with E-state index in [0.29, 0.717) is 12.0 Å². The number of fused-ring (bicyclic) bond motifs is 2. The van der Waals surface area contributed by atoms with E-state index in [1.807, 2.05) is 24.6 Å². The molecule has 0 N–H and O–H groups in total. The molecule has 2 aromatic heterocycles. The van der Waals surface area contributed by atoms with Gasteiger partial charge in [0.05, 0.1) is 24.6 Å². The fourth-order valence-electron chi connectivity index (χ4n) is 5.95. The zero-order valence-corrected chi connectivity index (χ0v) is 19.2. The lowest BCUT2D eigenvalue weighted by Gasteiger charge is -2.42. The lowest BCUT2D eigenvalue weighted by atomic mass is 9.81. The monoisotopic (exact) mass is 441 g/mol. The summed E-state index contributed by atoms with van der Waals surface area (Å²) in [6.07, 6.45) is 8.84. The van der Waals surface area contributed by atoms with E-state index < -0.39 is 0 Å². The summed E-state index contributed by atoms with van der Waals surface area (Å²) in [5.41, 5.74) is 4.64. The van der Waals surface area contributed by atoms with E-state index in [2.05, 4.69) is 51.2 Å². The van der Waals surface area contributed by atoms with E-state index in [1.165, 1.54) is 47.7 Å². The van der Waals surface area contributed by atoms with Crippen LogP contribution in [0.5, 0.6) is 5.75 Å². The zero-order valence-electron chi connectivity index (χ0n) is 19.2. The van der Waals surface area contributed by atoms with Crippen LogP contribution in [0.4, 0.5) is 5.69 Å². The van der Waals surface area contributed by atoms with E-state index >= 15 is 0 Å². The Balaban J connectivity index is 1.09. The molecule has 4 aromatic rings. The first-order valence-corrected chi connectivity index (χ1v) is 12.2. The van der Waals surface area contributed by atoms with Crippen LogP contribution < -0.4 is 9.64 Å². The average molecular weight is 442 g/mol. The second-order valence-corrected chi connectivity index (χ2v) is 9.41. The first-order chi connectivity index (χ1) is 16.3. The van der Waals surface area contributed by atoms with Crippen LogP contribution in [0.1, 0.15) is 37.2 Å². The Kier molecular flexibility index (Phi) is 5.43. The molecule has 0 radical (unpaired) electrons. The largest absolute Gasteiger partial charge is 0.493 e. The van der Waals surface area contributed by atoms with Crippen molar-refractivity contribution in [2.24, 2.45) is 0 Å². The summed E-state index contributed by atoms with van der Waals surface area (Å²) in [7, 11) is 1.71. The summed E-state index contributed by atoms with van der Waals surface area (Å²) in [6, 6.07) is 17.6. The number of anilines is 1. The molecule has 1 aliphatic heterocycles. The summed E-state index contributed by atoms with van der Waals surface area (Å²) >= 11 is 0. The number of piperazine rings is 1. The molecule has 1 saturated heterocycles. The second kappa shape index (κ2) is 8.71. The van der Waals surface area contributed by atoms with Gasteiger partial charge in [-0.3, -0.25) is 9.88 Å². The molecule has 0 atom stereocenters. The minimum atomic E-state index is 0.581. The molecule has 5 nitrogen and oxygen atoms in total. The van der Waals surface area contributed by atoms with E-state index in [0.717, 1.165) is 43.0 Å². The van der Waals surface area contributed by atoms with Crippen LogP contribution in [0.15, 0.2) is 65.4 Å². The molecule has 6 rings (SSSR count). The summed E-state index contributed by atoms with van der Waals surface area (Å²) in [4.78, 5) is 9.90. The highest BCUT2D eigenvalue weighted by molar-refractivity contribution is 5.90. The van der Waals surface area contributed by atoms with Crippen LogP contribution in [-0.4, -0.2) is 49.2 Å². The van der Waals surface area contributed by atoms with Gasteiger partial charge in [-0.05, 0) is 49.8 Å². The predicted octanol–water partition coefficient (Wildman–Crippen LogP) is 5.84. The van der Waals surface area contributed by atoms with Gasteiger partial charge < -0.3 is 14.1 Å². The maximum Gasteiger partial charge on any atom is 0.175 e. The zero-order chi connectivity index (χ0) is 22.2. The number of para-hydroxylation sites is 2. The van der Waals surface area contributed by atoms with Crippen LogP contribution in [0.25, 0.3) is 21.9 Å². The lowest BCUT2D eigenvalue weighted by Crippen LogP contribution is -2.51. The normalized spacial score (nSPS) is 22.2. The van der Waals surface area contributed by atoms with E-state index in [1.54, 1.807) is 7.11 Å². The number of hydrogen-bond acceptors (Lipinski definition) is 5. The molecule has 170 valence electrons. The van der Waals surface area contributed by atoms with Crippen molar-refractivity contribution in [1.29, 1.82) is 0 Å². The Morgan fingerprint density at radius 3 is 2.52 bits per heavy atom. The highest BCUT2D eigenvalue weighted by Crippen LogP contribution is 2.41. The smallest absolute Gasteiger partial charge is 0.175 e. The Hall–Kier alpha value is -3.05. The number of aromatic nitrogens is 1. The SMILES string of the molecule is COc1cccc2c1occ2[C@H]1CC[C@@H](N2CCN(c3cccc4cccnc34)CC2)CC1. The van der Waals surface area contributed by atoms with Gasteiger partial charge in [-0.1, -0.05) is 30.3 Å². The molecule has 1 saturated carbocycles. The Labute approximate surface area is 195 Å². The first kappa shape index (κ1) is 20.5.